The van der Waals surface area contributed by atoms with Crippen LogP contribution in [0.25, 0.3) is 0 Å². The standard InChI is InChI=1S/C10H21NO/c1-7(2)8(6-9(11)12)10(3,4)5/h7-8H,6H2,1-5H3,(H2,11,12). The van der Waals surface area contributed by atoms with Gasteiger partial charge < -0.3 is 5.73 Å². The zero-order valence-electron chi connectivity index (χ0n) is 8.85. The second-order valence-electron chi connectivity index (χ2n) is 4.89. The zero-order chi connectivity index (χ0) is 9.94. The Morgan fingerprint density at radius 2 is 1.75 bits per heavy atom. The molecule has 0 radical (unpaired) electrons. The van der Waals surface area contributed by atoms with Crippen LogP contribution in [0.3, 0.4) is 0 Å². The van der Waals surface area contributed by atoms with Gasteiger partial charge in [0.05, 0.1) is 0 Å². The summed E-state index contributed by atoms with van der Waals surface area (Å²) in [6.07, 6.45) is 0.501. The molecule has 0 heterocycles. The lowest BCUT2D eigenvalue weighted by Crippen LogP contribution is -2.30. The quantitative estimate of drug-likeness (QED) is 0.695. The SMILES string of the molecule is CC(C)C(CC(N)=O)C(C)(C)C. The smallest absolute Gasteiger partial charge is 0.217 e. The van der Waals surface area contributed by atoms with Crippen molar-refractivity contribution in [3.63, 3.8) is 0 Å². The van der Waals surface area contributed by atoms with Crippen molar-refractivity contribution in [2.45, 2.75) is 41.0 Å². The third-order valence-corrected chi connectivity index (χ3v) is 2.34. The molecular weight excluding hydrogens is 150 g/mol. The second kappa shape index (κ2) is 3.92. The number of carbonyl (C=O) groups excluding carboxylic acids is 1. The van der Waals surface area contributed by atoms with E-state index in [1.165, 1.54) is 0 Å². The molecule has 0 aliphatic rings. The Morgan fingerprint density at radius 3 is 1.83 bits per heavy atom. The van der Waals surface area contributed by atoms with Crippen LogP contribution in [-0.2, 0) is 4.79 Å². The molecule has 0 aromatic rings. The molecule has 2 nitrogen and oxygen atoms in total. The summed E-state index contributed by atoms with van der Waals surface area (Å²) >= 11 is 0. The highest BCUT2D eigenvalue weighted by Gasteiger charge is 2.28. The molecule has 0 spiro atoms. The molecule has 0 rings (SSSR count). The van der Waals surface area contributed by atoms with Crippen LogP contribution in [0.15, 0.2) is 0 Å². The van der Waals surface area contributed by atoms with E-state index in [4.69, 9.17) is 5.73 Å². The van der Waals surface area contributed by atoms with E-state index in [0.717, 1.165) is 0 Å². The lowest BCUT2D eigenvalue weighted by atomic mass is 9.72. The van der Waals surface area contributed by atoms with Gasteiger partial charge in [0.2, 0.25) is 5.91 Å². The molecule has 0 saturated carbocycles. The van der Waals surface area contributed by atoms with Crippen molar-refractivity contribution in [1.29, 1.82) is 0 Å². The van der Waals surface area contributed by atoms with E-state index in [0.29, 0.717) is 18.3 Å². The molecular formula is C10H21NO. The van der Waals surface area contributed by atoms with Gasteiger partial charge >= 0.3 is 0 Å². The minimum absolute atomic E-state index is 0.170. The van der Waals surface area contributed by atoms with Crippen LogP contribution in [0.4, 0.5) is 0 Å². The number of rotatable bonds is 3. The van der Waals surface area contributed by atoms with Crippen molar-refractivity contribution >= 4 is 5.91 Å². The summed E-state index contributed by atoms with van der Waals surface area (Å²) in [5, 5.41) is 0. The Balaban J connectivity index is 4.35. The van der Waals surface area contributed by atoms with E-state index in [1.54, 1.807) is 0 Å². The van der Waals surface area contributed by atoms with Crippen LogP contribution in [0.5, 0.6) is 0 Å². The number of carbonyl (C=O) groups is 1. The Kier molecular flexibility index (Phi) is 3.75. The summed E-state index contributed by atoms with van der Waals surface area (Å²) in [5.74, 6) is 0.705. The lowest BCUT2D eigenvalue weighted by Gasteiger charge is -2.33. The first kappa shape index (κ1) is 11.5. The Morgan fingerprint density at radius 1 is 1.33 bits per heavy atom. The molecule has 12 heavy (non-hydrogen) atoms. The van der Waals surface area contributed by atoms with Crippen molar-refractivity contribution in [3.8, 4) is 0 Å². The second-order valence-corrected chi connectivity index (χ2v) is 4.89. The number of amides is 1. The molecule has 2 heteroatoms. The Labute approximate surface area is 75.5 Å². The van der Waals surface area contributed by atoms with E-state index in [-0.39, 0.29) is 11.3 Å². The van der Waals surface area contributed by atoms with Crippen molar-refractivity contribution in [1.82, 2.24) is 0 Å². The van der Waals surface area contributed by atoms with Crippen LogP contribution >= 0.6 is 0 Å². The maximum Gasteiger partial charge on any atom is 0.217 e. The van der Waals surface area contributed by atoms with E-state index in [1.807, 2.05) is 0 Å². The van der Waals surface area contributed by atoms with Gasteiger partial charge in [-0.15, -0.1) is 0 Å². The highest BCUT2D eigenvalue weighted by atomic mass is 16.1. The normalized spacial score (nSPS) is 14.8. The molecule has 0 fully saturated rings. The molecule has 72 valence electrons. The Bertz CT molecular complexity index is 156. The van der Waals surface area contributed by atoms with Gasteiger partial charge in [-0.2, -0.15) is 0 Å². The van der Waals surface area contributed by atoms with E-state index in [9.17, 15) is 4.79 Å². The summed E-state index contributed by atoms with van der Waals surface area (Å²) in [4.78, 5) is 10.8. The van der Waals surface area contributed by atoms with Crippen LogP contribution in [-0.4, -0.2) is 5.91 Å². The number of primary amides is 1. The molecule has 1 unspecified atom stereocenters. The third-order valence-electron chi connectivity index (χ3n) is 2.34. The average molecular weight is 171 g/mol. The summed E-state index contributed by atoms with van der Waals surface area (Å²) in [6, 6.07) is 0. The topological polar surface area (TPSA) is 43.1 Å². The van der Waals surface area contributed by atoms with Gasteiger partial charge in [0.1, 0.15) is 0 Å². The van der Waals surface area contributed by atoms with Crippen LogP contribution < -0.4 is 5.73 Å². The monoisotopic (exact) mass is 171 g/mol. The number of hydrogen-bond donors (Lipinski definition) is 1. The molecule has 0 aromatic heterocycles. The van der Waals surface area contributed by atoms with Crippen molar-refractivity contribution < 1.29 is 4.79 Å². The zero-order valence-corrected chi connectivity index (χ0v) is 8.85. The van der Waals surface area contributed by atoms with Gasteiger partial charge in [-0.25, -0.2) is 0 Å². The molecule has 0 aromatic carbocycles. The molecule has 0 aliphatic heterocycles. The first-order valence-corrected chi connectivity index (χ1v) is 4.53. The first-order chi connectivity index (χ1) is 5.25. The molecule has 0 bridgehead atoms. The van der Waals surface area contributed by atoms with Gasteiger partial charge in [-0.3, -0.25) is 4.79 Å². The van der Waals surface area contributed by atoms with Gasteiger partial charge in [0.25, 0.3) is 0 Å². The third kappa shape index (κ3) is 3.74. The predicted molar refractivity (Wildman–Crippen MR) is 51.6 cm³/mol. The van der Waals surface area contributed by atoms with Crippen LogP contribution in [0, 0.1) is 17.3 Å². The summed E-state index contributed by atoms with van der Waals surface area (Å²) in [6.45, 7) is 10.7. The fraction of sp³-hybridized carbons (Fsp3) is 0.900. The minimum atomic E-state index is -0.191. The first-order valence-electron chi connectivity index (χ1n) is 4.53. The van der Waals surface area contributed by atoms with Gasteiger partial charge in [0.15, 0.2) is 0 Å². The summed E-state index contributed by atoms with van der Waals surface area (Å²) in [7, 11) is 0. The van der Waals surface area contributed by atoms with Crippen molar-refractivity contribution in [2.75, 3.05) is 0 Å². The fourth-order valence-electron chi connectivity index (χ4n) is 1.76. The molecule has 1 amide bonds. The Hall–Kier alpha value is -0.530. The fourth-order valence-corrected chi connectivity index (χ4v) is 1.76. The van der Waals surface area contributed by atoms with Gasteiger partial charge in [0, 0.05) is 6.42 Å². The molecule has 0 aliphatic carbocycles. The van der Waals surface area contributed by atoms with Gasteiger partial charge in [-0.1, -0.05) is 34.6 Å². The molecule has 2 N–H and O–H groups in total. The molecule has 0 saturated heterocycles. The average Bonchev–Trinajstić information content (AvgIpc) is 1.79. The molecule has 1 atom stereocenters. The van der Waals surface area contributed by atoms with E-state index >= 15 is 0 Å². The maximum atomic E-state index is 10.8. The predicted octanol–water partition coefficient (Wildman–Crippen LogP) is 2.18. The van der Waals surface area contributed by atoms with Crippen molar-refractivity contribution in [3.05, 3.63) is 0 Å². The van der Waals surface area contributed by atoms with Crippen LogP contribution in [0.2, 0.25) is 0 Å². The largest absolute Gasteiger partial charge is 0.370 e. The number of hydrogen-bond acceptors (Lipinski definition) is 1. The highest BCUT2D eigenvalue weighted by Crippen LogP contribution is 2.34. The van der Waals surface area contributed by atoms with Crippen molar-refractivity contribution in [2.24, 2.45) is 23.0 Å². The minimum Gasteiger partial charge on any atom is -0.370 e. The lowest BCUT2D eigenvalue weighted by molar-refractivity contribution is -0.120. The van der Waals surface area contributed by atoms with Crippen LogP contribution in [0.1, 0.15) is 41.0 Å². The summed E-state index contributed by atoms with van der Waals surface area (Å²) < 4.78 is 0. The van der Waals surface area contributed by atoms with Gasteiger partial charge in [-0.05, 0) is 17.3 Å². The van der Waals surface area contributed by atoms with E-state index in [2.05, 4.69) is 34.6 Å². The summed E-state index contributed by atoms with van der Waals surface area (Å²) in [5.41, 5.74) is 5.36. The van der Waals surface area contributed by atoms with E-state index < -0.39 is 0 Å². The maximum absolute atomic E-state index is 10.8. The number of nitrogens with two attached hydrogens (primary N) is 1. The highest BCUT2D eigenvalue weighted by molar-refractivity contribution is 5.74.